The van der Waals surface area contributed by atoms with Crippen LogP contribution in [0.3, 0.4) is 0 Å². The van der Waals surface area contributed by atoms with Crippen molar-refractivity contribution in [2.45, 2.75) is 30.4 Å². The molecule has 104 valence electrons. The molecule has 0 aliphatic carbocycles. The van der Waals surface area contributed by atoms with E-state index >= 15 is 0 Å². The van der Waals surface area contributed by atoms with Crippen molar-refractivity contribution in [1.29, 1.82) is 0 Å². The van der Waals surface area contributed by atoms with Crippen molar-refractivity contribution in [2.75, 3.05) is 0 Å². The quantitative estimate of drug-likeness (QED) is 0.742. The summed E-state index contributed by atoms with van der Waals surface area (Å²) in [6.45, 7) is 6.00. The lowest BCUT2D eigenvalue weighted by Gasteiger charge is -2.19. The van der Waals surface area contributed by atoms with Gasteiger partial charge in [-0.15, -0.1) is 0 Å². The predicted octanol–water partition coefficient (Wildman–Crippen LogP) is 4.76. The lowest BCUT2D eigenvalue weighted by atomic mass is 10.1. The van der Waals surface area contributed by atoms with Gasteiger partial charge in [-0.2, -0.15) is 0 Å². The molecule has 0 aromatic heterocycles. The van der Waals surface area contributed by atoms with E-state index in [4.69, 9.17) is 0 Å². The van der Waals surface area contributed by atoms with Crippen LogP contribution in [0.5, 0.6) is 0 Å². The van der Waals surface area contributed by atoms with Gasteiger partial charge in [0.25, 0.3) is 0 Å². The van der Waals surface area contributed by atoms with E-state index in [-0.39, 0.29) is 4.75 Å². The molecule has 20 heavy (non-hydrogen) atoms. The Balaban J connectivity index is 2.34. The summed E-state index contributed by atoms with van der Waals surface area (Å²) in [6, 6.07) is 18.0. The van der Waals surface area contributed by atoms with Gasteiger partial charge in [0.1, 0.15) is 0 Å². The van der Waals surface area contributed by atoms with E-state index in [9.17, 15) is 4.21 Å². The largest absolute Gasteiger partial charge is 0.254 e. The molecule has 0 saturated heterocycles. The molecule has 0 heterocycles. The normalized spacial score (nSPS) is 13.6. The Morgan fingerprint density at radius 1 is 0.850 bits per heavy atom. The zero-order chi connectivity index (χ0) is 14.6. The summed E-state index contributed by atoms with van der Waals surface area (Å²) in [5, 5.41) is 0. The van der Waals surface area contributed by atoms with Gasteiger partial charge < -0.3 is 0 Å². The molecule has 0 aliphatic rings. The molecule has 1 nitrogen and oxygen atoms in total. The summed E-state index contributed by atoms with van der Waals surface area (Å²) in [5.74, 6) is 0. The highest BCUT2D eigenvalue weighted by atomic mass is 32.2. The van der Waals surface area contributed by atoms with Gasteiger partial charge in [-0.05, 0) is 38.0 Å². The molecule has 0 bridgehead atoms. The van der Waals surface area contributed by atoms with Crippen molar-refractivity contribution in [3.8, 4) is 0 Å². The Bertz CT molecular complexity index is 621. The summed E-state index contributed by atoms with van der Waals surface area (Å²) < 4.78 is 12.3. The molecule has 0 N–H and O–H groups in total. The Hall–Kier alpha value is -1.67. The van der Waals surface area contributed by atoms with Gasteiger partial charge in [0, 0.05) is 9.64 Å². The molecule has 0 aliphatic heterocycles. The van der Waals surface area contributed by atoms with Crippen LogP contribution in [0.4, 0.5) is 0 Å². The van der Waals surface area contributed by atoms with Crippen LogP contribution in [0.25, 0.3) is 12.2 Å². The number of hydrogen-bond acceptors (Lipinski definition) is 1. The maximum Gasteiger partial charge on any atom is 0.0589 e. The van der Waals surface area contributed by atoms with Crippen LogP contribution in [0.2, 0.25) is 0 Å². The van der Waals surface area contributed by atoms with Gasteiger partial charge in [-0.3, -0.25) is 4.21 Å². The molecule has 1 atom stereocenters. The van der Waals surface area contributed by atoms with Crippen LogP contribution in [0.15, 0.2) is 59.5 Å². The van der Waals surface area contributed by atoms with E-state index in [1.54, 1.807) is 0 Å². The Morgan fingerprint density at radius 3 is 2.10 bits per heavy atom. The van der Waals surface area contributed by atoms with Gasteiger partial charge in [0.15, 0.2) is 0 Å². The fourth-order valence-electron chi connectivity index (χ4n) is 1.87. The third-order valence-corrected chi connectivity index (χ3v) is 4.81. The van der Waals surface area contributed by atoms with Crippen LogP contribution in [0.1, 0.15) is 31.9 Å². The fourth-order valence-corrected chi connectivity index (χ4v) is 3.08. The number of benzene rings is 2. The Labute approximate surface area is 123 Å². The van der Waals surface area contributed by atoms with Crippen molar-refractivity contribution < 1.29 is 4.21 Å². The van der Waals surface area contributed by atoms with Gasteiger partial charge in [-0.25, -0.2) is 0 Å². The molecule has 2 rings (SSSR count). The lowest BCUT2D eigenvalue weighted by molar-refractivity contribution is 0.649. The van der Waals surface area contributed by atoms with E-state index < -0.39 is 10.8 Å². The summed E-state index contributed by atoms with van der Waals surface area (Å²) in [5.41, 5.74) is 2.16. The van der Waals surface area contributed by atoms with Crippen LogP contribution in [0, 0.1) is 0 Å². The van der Waals surface area contributed by atoms with Gasteiger partial charge in [0.05, 0.1) is 10.8 Å². The fraction of sp³-hybridized carbons (Fsp3) is 0.222. The highest BCUT2D eigenvalue weighted by Gasteiger charge is 2.22. The zero-order valence-corrected chi connectivity index (χ0v) is 13.0. The molecular weight excluding hydrogens is 264 g/mol. The Morgan fingerprint density at radius 2 is 1.45 bits per heavy atom. The predicted molar refractivity (Wildman–Crippen MR) is 88.0 cm³/mol. The summed E-state index contributed by atoms with van der Waals surface area (Å²) in [4.78, 5) is 0.896. The maximum atomic E-state index is 12.6. The van der Waals surface area contributed by atoms with E-state index in [2.05, 4.69) is 18.2 Å². The first-order valence-electron chi connectivity index (χ1n) is 6.72. The average molecular weight is 284 g/mol. The first kappa shape index (κ1) is 14.7. The molecule has 0 spiro atoms. The van der Waals surface area contributed by atoms with E-state index in [0.29, 0.717) is 0 Å². The summed E-state index contributed by atoms with van der Waals surface area (Å²) >= 11 is 0. The van der Waals surface area contributed by atoms with Gasteiger partial charge in [0.2, 0.25) is 0 Å². The summed E-state index contributed by atoms with van der Waals surface area (Å²) in [7, 11) is -1.02. The monoisotopic (exact) mass is 284 g/mol. The highest BCUT2D eigenvalue weighted by Crippen LogP contribution is 2.24. The summed E-state index contributed by atoms with van der Waals surface area (Å²) in [6.07, 6.45) is 4.09. The van der Waals surface area contributed by atoms with Crippen LogP contribution in [-0.2, 0) is 10.8 Å². The molecule has 0 radical (unpaired) electrons. The lowest BCUT2D eigenvalue weighted by Crippen LogP contribution is -2.22. The van der Waals surface area contributed by atoms with Crippen molar-refractivity contribution in [3.05, 3.63) is 65.7 Å². The highest BCUT2D eigenvalue weighted by molar-refractivity contribution is 7.86. The minimum absolute atomic E-state index is 0.253. The van der Waals surface area contributed by atoms with Crippen LogP contribution >= 0.6 is 0 Å². The van der Waals surface area contributed by atoms with Gasteiger partial charge >= 0.3 is 0 Å². The van der Waals surface area contributed by atoms with Crippen molar-refractivity contribution in [3.63, 3.8) is 0 Å². The SMILES string of the molecule is CC(C)(C)[S@](=O)c1ccccc1/C=C/c1ccccc1. The molecule has 2 aromatic carbocycles. The van der Waals surface area contributed by atoms with Crippen LogP contribution < -0.4 is 0 Å². The van der Waals surface area contributed by atoms with Crippen molar-refractivity contribution in [1.82, 2.24) is 0 Å². The zero-order valence-electron chi connectivity index (χ0n) is 12.2. The first-order valence-corrected chi connectivity index (χ1v) is 7.87. The third kappa shape index (κ3) is 3.67. The first-order chi connectivity index (χ1) is 9.48. The molecule has 2 heteroatoms. The maximum absolute atomic E-state index is 12.6. The molecule has 0 fully saturated rings. The second kappa shape index (κ2) is 6.19. The van der Waals surface area contributed by atoms with Crippen molar-refractivity contribution in [2.24, 2.45) is 0 Å². The standard InChI is InChI=1S/C18H20OS/c1-18(2,3)20(19)17-12-8-7-11-16(17)14-13-15-9-5-4-6-10-15/h4-14H,1-3H3/b14-13+/t20-/m1/s1. The number of rotatable bonds is 3. The second-order valence-electron chi connectivity index (χ2n) is 5.66. The number of hydrogen-bond donors (Lipinski definition) is 0. The van der Waals surface area contributed by atoms with E-state index in [1.807, 2.05) is 69.3 Å². The third-order valence-electron chi connectivity index (χ3n) is 2.93. The van der Waals surface area contributed by atoms with E-state index in [1.165, 1.54) is 0 Å². The Kier molecular flexibility index (Phi) is 4.56. The minimum atomic E-state index is -1.02. The van der Waals surface area contributed by atoms with Crippen LogP contribution in [-0.4, -0.2) is 8.96 Å². The van der Waals surface area contributed by atoms with E-state index in [0.717, 1.165) is 16.0 Å². The minimum Gasteiger partial charge on any atom is -0.254 e. The second-order valence-corrected chi connectivity index (χ2v) is 7.86. The average Bonchev–Trinajstić information content (AvgIpc) is 2.45. The molecule has 0 unspecified atom stereocenters. The van der Waals surface area contributed by atoms with Crippen molar-refractivity contribution >= 4 is 23.0 Å². The molecule has 0 amide bonds. The molecular formula is C18H20OS. The molecule has 0 saturated carbocycles. The topological polar surface area (TPSA) is 17.1 Å². The molecule has 2 aromatic rings. The smallest absolute Gasteiger partial charge is 0.0589 e. The van der Waals surface area contributed by atoms with Gasteiger partial charge in [-0.1, -0.05) is 60.7 Å².